The number of carboxylic acid groups (broad SMARTS) is 1. The molecule has 3 nitrogen and oxygen atoms in total. The molecule has 0 bridgehead atoms. The molecule has 0 aromatic heterocycles. The fourth-order valence-electron chi connectivity index (χ4n) is 2.69. The van der Waals surface area contributed by atoms with Gasteiger partial charge in [0.1, 0.15) is 0 Å². The molecule has 0 radical (unpaired) electrons. The van der Waals surface area contributed by atoms with E-state index in [1.807, 2.05) is 0 Å². The van der Waals surface area contributed by atoms with Crippen LogP contribution in [-0.4, -0.2) is 35.6 Å². The van der Waals surface area contributed by atoms with Gasteiger partial charge in [-0.05, 0) is 25.8 Å². The Hall–Kier alpha value is -0.570. The lowest BCUT2D eigenvalue weighted by Gasteiger charge is -2.35. The number of carbonyl (C=O) groups is 1. The van der Waals surface area contributed by atoms with Gasteiger partial charge in [0.15, 0.2) is 0 Å². The Morgan fingerprint density at radius 2 is 2.19 bits per heavy atom. The van der Waals surface area contributed by atoms with Crippen molar-refractivity contribution < 1.29 is 9.90 Å². The van der Waals surface area contributed by atoms with E-state index in [0.29, 0.717) is 12.6 Å². The normalized spacial score (nSPS) is 28.0. The summed E-state index contributed by atoms with van der Waals surface area (Å²) in [6, 6.07) is 0.598. The fourth-order valence-corrected chi connectivity index (χ4v) is 2.69. The molecule has 1 aliphatic carbocycles. The Bertz CT molecular complexity index is 230. The van der Waals surface area contributed by atoms with Crippen molar-refractivity contribution in [2.24, 2.45) is 11.8 Å². The Morgan fingerprint density at radius 3 is 2.75 bits per heavy atom. The van der Waals surface area contributed by atoms with Gasteiger partial charge in [-0.15, -0.1) is 0 Å². The summed E-state index contributed by atoms with van der Waals surface area (Å²) in [5.41, 5.74) is 0. The third-order valence-corrected chi connectivity index (χ3v) is 3.94. The fraction of sp³-hybridized carbons (Fsp3) is 0.923. The van der Waals surface area contributed by atoms with Crippen LogP contribution in [0.4, 0.5) is 0 Å². The molecule has 1 aliphatic rings. The van der Waals surface area contributed by atoms with Crippen molar-refractivity contribution in [3.63, 3.8) is 0 Å². The highest BCUT2D eigenvalue weighted by Crippen LogP contribution is 2.29. The first-order valence-electron chi connectivity index (χ1n) is 6.47. The molecule has 1 saturated carbocycles. The zero-order valence-electron chi connectivity index (χ0n) is 10.8. The third-order valence-electron chi connectivity index (χ3n) is 3.94. The summed E-state index contributed by atoms with van der Waals surface area (Å²) in [4.78, 5) is 13.1. The van der Waals surface area contributed by atoms with Crippen molar-refractivity contribution in [2.45, 2.75) is 52.0 Å². The van der Waals surface area contributed by atoms with Crippen molar-refractivity contribution in [1.29, 1.82) is 0 Å². The van der Waals surface area contributed by atoms with Gasteiger partial charge in [0.25, 0.3) is 0 Å². The second-order valence-corrected chi connectivity index (χ2v) is 5.27. The quantitative estimate of drug-likeness (QED) is 0.785. The van der Waals surface area contributed by atoms with Gasteiger partial charge in [-0.1, -0.05) is 33.1 Å². The van der Waals surface area contributed by atoms with Crippen LogP contribution in [0.15, 0.2) is 0 Å². The Balaban J connectivity index is 2.40. The van der Waals surface area contributed by atoms with E-state index in [-0.39, 0.29) is 5.92 Å². The zero-order valence-corrected chi connectivity index (χ0v) is 10.8. The first kappa shape index (κ1) is 13.5. The van der Waals surface area contributed by atoms with Crippen LogP contribution in [0, 0.1) is 11.8 Å². The number of carboxylic acids is 1. The van der Waals surface area contributed by atoms with Gasteiger partial charge >= 0.3 is 5.97 Å². The molecule has 0 amide bonds. The lowest BCUT2D eigenvalue weighted by atomic mass is 9.83. The van der Waals surface area contributed by atoms with E-state index in [1.165, 1.54) is 32.1 Å². The smallest absolute Gasteiger partial charge is 0.307 e. The minimum absolute atomic E-state index is 0.257. The zero-order chi connectivity index (χ0) is 12.1. The minimum atomic E-state index is -0.685. The van der Waals surface area contributed by atoms with Crippen LogP contribution >= 0.6 is 0 Å². The first-order chi connectivity index (χ1) is 7.54. The highest BCUT2D eigenvalue weighted by molar-refractivity contribution is 5.69. The van der Waals surface area contributed by atoms with E-state index < -0.39 is 5.97 Å². The molecule has 1 N–H and O–H groups in total. The highest BCUT2D eigenvalue weighted by Gasteiger charge is 2.25. The van der Waals surface area contributed by atoms with Crippen LogP contribution < -0.4 is 0 Å². The van der Waals surface area contributed by atoms with E-state index in [4.69, 9.17) is 5.11 Å². The van der Waals surface area contributed by atoms with Gasteiger partial charge in [0.05, 0.1) is 5.92 Å². The average molecular weight is 227 g/mol. The van der Waals surface area contributed by atoms with Gasteiger partial charge in [0, 0.05) is 12.6 Å². The molecule has 3 atom stereocenters. The van der Waals surface area contributed by atoms with Gasteiger partial charge in [-0.3, -0.25) is 4.79 Å². The molecule has 3 heteroatoms. The Morgan fingerprint density at radius 1 is 1.50 bits per heavy atom. The molecule has 3 unspecified atom stereocenters. The molecular weight excluding hydrogens is 202 g/mol. The maximum atomic E-state index is 10.8. The topological polar surface area (TPSA) is 40.5 Å². The molecule has 0 aromatic carbocycles. The van der Waals surface area contributed by atoms with Crippen molar-refractivity contribution >= 4 is 5.97 Å². The molecule has 16 heavy (non-hydrogen) atoms. The van der Waals surface area contributed by atoms with E-state index >= 15 is 0 Å². The Kier molecular flexibility index (Phi) is 5.26. The number of hydrogen-bond acceptors (Lipinski definition) is 2. The van der Waals surface area contributed by atoms with Gasteiger partial charge in [-0.2, -0.15) is 0 Å². The largest absolute Gasteiger partial charge is 0.481 e. The molecule has 0 saturated heterocycles. The molecular formula is C13H25NO2. The van der Waals surface area contributed by atoms with Crippen LogP contribution in [0.25, 0.3) is 0 Å². The lowest BCUT2D eigenvalue weighted by Crippen LogP contribution is -2.39. The minimum Gasteiger partial charge on any atom is -0.481 e. The molecule has 1 fully saturated rings. The van der Waals surface area contributed by atoms with Gasteiger partial charge in [0.2, 0.25) is 0 Å². The van der Waals surface area contributed by atoms with E-state index in [1.54, 1.807) is 6.92 Å². The summed E-state index contributed by atoms with van der Waals surface area (Å²) in [5.74, 6) is -0.0944. The average Bonchev–Trinajstić information content (AvgIpc) is 2.28. The van der Waals surface area contributed by atoms with Crippen molar-refractivity contribution in [2.75, 3.05) is 13.6 Å². The predicted molar refractivity (Wildman–Crippen MR) is 65.5 cm³/mol. The van der Waals surface area contributed by atoms with Crippen LogP contribution in [0.5, 0.6) is 0 Å². The lowest BCUT2D eigenvalue weighted by molar-refractivity contribution is -0.141. The van der Waals surface area contributed by atoms with Gasteiger partial charge in [-0.25, -0.2) is 0 Å². The molecule has 0 heterocycles. The standard InChI is InChI=1S/C13H25NO2/c1-4-11-6-5-7-12(8-11)14(3)9-10(2)13(15)16/h10-12H,4-9H2,1-3H3,(H,15,16). The second kappa shape index (κ2) is 6.24. The van der Waals surface area contributed by atoms with Crippen molar-refractivity contribution in [3.8, 4) is 0 Å². The highest BCUT2D eigenvalue weighted by atomic mass is 16.4. The maximum Gasteiger partial charge on any atom is 0.307 e. The summed E-state index contributed by atoms with van der Waals surface area (Å²) >= 11 is 0. The monoisotopic (exact) mass is 227 g/mol. The number of aliphatic carboxylic acids is 1. The summed E-state index contributed by atoms with van der Waals surface area (Å²) < 4.78 is 0. The van der Waals surface area contributed by atoms with Crippen molar-refractivity contribution in [1.82, 2.24) is 4.90 Å². The summed E-state index contributed by atoms with van der Waals surface area (Å²) in [6.07, 6.45) is 6.40. The van der Waals surface area contributed by atoms with Crippen molar-refractivity contribution in [3.05, 3.63) is 0 Å². The first-order valence-corrected chi connectivity index (χ1v) is 6.47. The van der Waals surface area contributed by atoms with Crippen LogP contribution in [0.3, 0.4) is 0 Å². The summed E-state index contributed by atoms with van der Waals surface area (Å²) in [5, 5.41) is 8.90. The number of nitrogens with zero attached hydrogens (tertiary/aromatic N) is 1. The SMILES string of the molecule is CCC1CCCC(N(C)CC(C)C(=O)O)C1. The molecule has 1 rings (SSSR count). The van der Waals surface area contributed by atoms with E-state index in [2.05, 4.69) is 18.9 Å². The second-order valence-electron chi connectivity index (χ2n) is 5.27. The van der Waals surface area contributed by atoms with Crippen LogP contribution in [0.1, 0.15) is 46.0 Å². The molecule has 94 valence electrons. The summed E-state index contributed by atoms with van der Waals surface area (Å²) in [7, 11) is 2.07. The van der Waals surface area contributed by atoms with E-state index in [9.17, 15) is 4.79 Å². The number of rotatable bonds is 5. The maximum absolute atomic E-state index is 10.8. The molecule has 0 aliphatic heterocycles. The molecule has 0 spiro atoms. The predicted octanol–water partition coefficient (Wildman–Crippen LogP) is 2.61. The third kappa shape index (κ3) is 3.78. The van der Waals surface area contributed by atoms with Gasteiger partial charge < -0.3 is 10.0 Å². The van der Waals surface area contributed by atoms with Crippen LogP contribution in [-0.2, 0) is 4.79 Å². The Labute approximate surface area is 98.8 Å². The van der Waals surface area contributed by atoms with Crippen LogP contribution in [0.2, 0.25) is 0 Å². The summed E-state index contributed by atoms with van der Waals surface area (Å²) in [6.45, 7) is 4.72. The van der Waals surface area contributed by atoms with E-state index in [0.717, 1.165) is 5.92 Å². The molecule has 0 aromatic rings. The number of hydrogen-bond donors (Lipinski definition) is 1.